The van der Waals surface area contributed by atoms with E-state index in [1.165, 1.54) is 6.42 Å². The van der Waals surface area contributed by atoms with E-state index in [0.717, 1.165) is 88.8 Å². The number of rotatable bonds is 9. The van der Waals surface area contributed by atoms with Gasteiger partial charge < -0.3 is 19.5 Å². The van der Waals surface area contributed by atoms with Gasteiger partial charge in [0.15, 0.2) is 5.75 Å². The van der Waals surface area contributed by atoms with Gasteiger partial charge in [0.05, 0.1) is 37.3 Å². The summed E-state index contributed by atoms with van der Waals surface area (Å²) in [5.41, 5.74) is 2.83. The van der Waals surface area contributed by atoms with Crippen LogP contribution in [-0.2, 0) is 16.1 Å². The molecule has 4 aliphatic heterocycles. The standard InChI is InChI=1S/C33H38Cl2N6O4.ClH/c34-25-12-24(13-26(35)14-25)29-9-23(17-39-5-1-22(2-6-39)11-31(42)43)10-30(38-29)45-28-15-36-32(37-16-28)41-8-4-33(21-41)3-7-40(20-33)27-18-44-19-27;/h9-10,12-16,22,27H,1-8,11,17-21H2,(H,42,43);1H. The minimum absolute atomic E-state index is 0. The summed E-state index contributed by atoms with van der Waals surface area (Å²) >= 11 is 12.7. The Kier molecular flexibility index (Phi) is 10.2. The average Bonchev–Trinajstić information content (AvgIpc) is 3.59. The number of nitrogens with zero attached hydrogens (tertiary/aromatic N) is 6. The second-order valence-electron chi connectivity index (χ2n) is 13.1. The minimum atomic E-state index is -0.726. The maximum atomic E-state index is 11.2. The van der Waals surface area contributed by atoms with Crippen LogP contribution >= 0.6 is 35.6 Å². The highest BCUT2D eigenvalue weighted by Gasteiger charge is 2.46. The van der Waals surface area contributed by atoms with Crippen molar-refractivity contribution in [3.05, 3.63) is 58.3 Å². The van der Waals surface area contributed by atoms with E-state index in [2.05, 4.69) is 24.7 Å². The first-order chi connectivity index (χ1) is 21.8. The van der Waals surface area contributed by atoms with E-state index in [1.807, 2.05) is 24.3 Å². The van der Waals surface area contributed by atoms with Gasteiger partial charge in [0, 0.05) is 59.7 Å². The molecule has 1 aromatic carbocycles. The summed E-state index contributed by atoms with van der Waals surface area (Å²) in [6, 6.07) is 9.93. The predicted octanol–water partition coefficient (Wildman–Crippen LogP) is 6.05. The highest BCUT2D eigenvalue weighted by Crippen LogP contribution is 2.42. The Bertz CT molecular complexity index is 1520. The molecule has 4 saturated heterocycles. The topological polar surface area (TPSA) is 104 Å². The smallest absolute Gasteiger partial charge is 0.303 e. The van der Waals surface area contributed by atoms with Gasteiger partial charge in [0.1, 0.15) is 0 Å². The first kappa shape index (κ1) is 33.2. The molecule has 0 saturated carbocycles. The van der Waals surface area contributed by atoms with E-state index in [1.54, 1.807) is 18.5 Å². The third-order valence-corrected chi connectivity index (χ3v) is 10.2. The molecular formula is C33H39Cl3N6O4. The van der Waals surface area contributed by atoms with Gasteiger partial charge in [-0.05, 0) is 81.1 Å². The lowest BCUT2D eigenvalue weighted by Gasteiger charge is -2.35. The summed E-state index contributed by atoms with van der Waals surface area (Å²) in [7, 11) is 0. The van der Waals surface area contributed by atoms with Crippen LogP contribution in [0.25, 0.3) is 11.3 Å². The number of hydrogen-bond acceptors (Lipinski definition) is 9. The van der Waals surface area contributed by atoms with Crippen LogP contribution in [0.5, 0.6) is 11.6 Å². The average molecular weight is 690 g/mol. The highest BCUT2D eigenvalue weighted by molar-refractivity contribution is 6.35. The third kappa shape index (κ3) is 7.69. The van der Waals surface area contributed by atoms with Crippen molar-refractivity contribution in [3.63, 3.8) is 0 Å². The van der Waals surface area contributed by atoms with Crippen molar-refractivity contribution in [2.24, 2.45) is 11.3 Å². The van der Waals surface area contributed by atoms with Crippen molar-refractivity contribution in [3.8, 4) is 22.9 Å². The fourth-order valence-corrected chi connectivity index (χ4v) is 7.73. The van der Waals surface area contributed by atoms with Crippen molar-refractivity contribution in [2.75, 3.05) is 57.4 Å². The van der Waals surface area contributed by atoms with Gasteiger partial charge in [-0.25, -0.2) is 15.0 Å². The number of carboxylic acid groups (broad SMARTS) is 1. The molecule has 46 heavy (non-hydrogen) atoms. The molecule has 1 spiro atoms. The molecule has 246 valence electrons. The van der Waals surface area contributed by atoms with Crippen LogP contribution in [0.3, 0.4) is 0 Å². The number of aromatic nitrogens is 3. The molecule has 7 rings (SSSR count). The molecular weight excluding hydrogens is 651 g/mol. The number of benzene rings is 1. The zero-order valence-electron chi connectivity index (χ0n) is 25.6. The van der Waals surface area contributed by atoms with Crippen LogP contribution in [0.2, 0.25) is 10.0 Å². The van der Waals surface area contributed by atoms with Crippen LogP contribution in [0.15, 0.2) is 42.7 Å². The normalized spacial score (nSPS) is 22.6. The van der Waals surface area contributed by atoms with E-state index in [9.17, 15) is 9.90 Å². The first-order valence-corrected chi connectivity index (χ1v) is 16.5. The number of piperidine rings is 1. The van der Waals surface area contributed by atoms with E-state index >= 15 is 0 Å². The van der Waals surface area contributed by atoms with Crippen LogP contribution in [-0.4, -0.2) is 94.4 Å². The fraction of sp³-hybridized carbons (Fsp3) is 0.515. The molecule has 4 aliphatic rings. The van der Waals surface area contributed by atoms with Gasteiger partial charge in [-0.15, -0.1) is 12.4 Å². The Morgan fingerprint density at radius 3 is 2.37 bits per heavy atom. The lowest BCUT2D eigenvalue weighted by atomic mass is 9.86. The molecule has 2 aromatic heterocycles. The van der Waals surface area contributed by atoms with Gasteiger partial charge in [0.25, 0.3) is 0 Å². The number of likely N-dealkylation sites (tertiary alicyclic amines) is 2. The van der Waals surface area contributed by atoms with Crippen molar-refractivity contribution >= 4 is 47.5 Å². The molecule has 0 aliphatic carbocycles. The van der Waals surface area contributed by atoms with Gasteiger partial charge in [-0.3, -0.25) is 14.6 Å². The number of aliphatic carboxylic acids is 1. The Hall–Kier alpha value is -2.73. The monoisotopic (exact) mass is 688 g/mol. The Morgan fingerprint density at radius 2 is 1.70 bits per heavy atom. The molecule has 13 heteroatoms. The summed E-state index contributed by atoms with van der Waals surface area (Å²) < 4.78 is 11.7. The fourth-order valence-electron chi connectivity index (χ4n) is 7.21. The zero-order chi connectivity index (χ0) is 31.0. The summed E-state index contributed by atoms with van der Waals surface area (Å²) in [5.74, 6) is 1.17. The van der Waals surface area contributed by atoms with Gasteiger partial charge in [-0.1, -0.05) is 23.2 Å². The van der Waals surface area contributed by atoms with E-state index < -0.39 is 5.97 Å². The van der Waals surface area contributed by atoms with Crippen LogP contribution < -0.4 is 9.64 Å². The molecule has 10 nitrogen and oxygen atoms in total. The Labute approximate surface area is 285 Å². The van der Waals surface area contributed by atoms with Crippen molar-refractivity contribution in [1.82, 2.24) is 24.8 Å². The summed E-state index contributed by atoms with van der Waals surface area (Å²) in [5, 5.41) is 10.2. The Balaban J connectivity index is 0.00000372. The number of hydrogen-bond donors (Lipinski definition) is 1. The quantitative estimate of drug-likeness (QED) is 0.286. The molecule has 1 unspecified atom stereocenters. The SMILES string of the molecule is Cl.O=C(O)CC1CCN(Cc2cc(Oc3cnc(N4CCC5(CCN(C6COC6)C5)C4)nc3)nc(-c3cc(Cl)cc(Cl)c3)c2)CC1. The van der Waals surface area contributed by atoms with Crippen molar-refractivity contribution in [1.29, 1.82) is 0 Å². The van der Waals surface area contributed by atoms with Gasteiger partial charge >= 0.3 is 5.97 Å². The zero-order valence-corrected chi connectivity index (χ0v) is 27.9. The summed E-state index contributed by atoms with van der Waals surface area (Å²) in [6.45, 7) is 8.31. The molecule has 1 N–H and O–H groups in total. The molecule has 0 amide bonds. The number of anilines is 1. The van der Waals surface area contributed by atoms with Crippen LogP contribution in [0, 0.1) is 11.3 Å². The highest BCUT2D eigenvalue weighted by atomic mass is 35.5. The lowest BCUT2D eigenvalue weighted by Crippen LogP contribution is -2.48. The number of halogens is 3. The molecule has 4 fully saturated rings. The van der Waals surface area contributed by atoms with E-state index in [4.69, 9.17) is 37.7 Å². The Morgan fingerprint density at radius 1 is 0.978 bits per heavy atom. The maximum absolute atomic E-state index is 11.2. The lowest BCUT2D eigenvalue weighted by molar-refractivity contribution is -0.138. The number of ether oxygens (including phenoxy) is 2. The number of carboxylic acids is 1. The molecule has 3 aromatic rings. The second kappa shape index (κ2) is 14.2. The summed E-state index contributed by atoms with van der Waals surface area (Å²) in [6.07, 6.45) is 7.77. The molecule has 1 atom stereocenters. The van der Waals surface area contributed by atoms with Gasteiger partial charge in [-0.2, -0.15) is 0 Å². The minimum Gasteiger partial charge on any atom is -0.481 e. The van der Waals surface area contributed by atoms with Crippen LogP contribution in [0.1, 0.15) is 37.7 Å². The van der Waals surface area contributed by atoms with E-state index in [0.29, 0.717) is 45.4 Å². The van der Waals surface area contributed by atoms with Crippen LogP contribution in [0.4, 0.5) is 5.95 Å². The maximum Gasteiger partial charge on any atom is 0.303 e. The van der Waals surface area contributed by atoms with Crippen molar-refractivity contribution < 1.29 is 19.4 Å². The third-order valence-electron chi connectivity index (χ3n) is 9.76. The van der Waals surface area contributed by atoms with Gasteiger partial charge in [0.2, 0.25) is 11.8 Å². The van der Waals surface area contributed by atoms with Crippen molar-refractivity contribution in [2.45, 2.75) is 44.7 Å². The first-order valence-electron chi connectivity index (χ1n) is 15.8. The number of pyridine rings is 1. The summed E-state index contributed by atoms with van der Waals surface area (Å²) in [4.78, 5) is 32.6. The largest absolute Gasteiger partial charge is 0.481 e. The molecule has 6 heterocycles. The van der Waals surface area contributed by atoms with E-state index in [-0.39, 0.29) is 24.7 Å². The molecule has 0 bridgehead atoms. The number of carbonyl (C=O) groups is 1. The second-order valence-corrected chi connectivity index (χ2v) is 14.0. The molecule has 0 radical (unpaired) electrons. The predicted molar refractivity (Wildman–Crippen MR) is 179 cm³/mol.